The predicted octanol–water partition coefficient (Wildman–Crippen LogP) is 2.93. The van der Waals surface area contributed by atoms with Crippen LogP contribution in [-0.4, -0.2) is 73.9 Å². The van der Waals surface area contributed by atoms with Crippen molar-refractivity contribution in [2.45, 2.75) is 79.7 Å². The summed E-state index contributed by atoms with van der Waals surface area (Å²) in [5.74, 6) is 5.14. The maximum absolute atomic E-state index is 11.1. The van der Waals surface area contributed by atoms with E-state index in [-0.39, 0.29) is 12.2 Å². The van der Waals surface area contributed by atoms with Gasteiger partial charge in [0.05, 0.1) is 24.3 Å². The molecule has 0 aromatic heterocycles. The monoisotopic (exact) mass is 408 g/mol. The Labute approximate surface area is 164 Å². The third-order valence-corrected chi connectivity index (χ3v) is 2.67. The molecule has 0 fully saturated rings. The predicted molar refractivity (Wildman–Crippen MR) is 99.3 cm³/mol. The molecule has 0 aliphatic carbocycles. The minimum Gasteiger partial charge on any atom is -0.464 e. The van der Waals surface area contributed by atoms with Crippen molar-refractivity contribution in [2.75, 3.05) is 0 Å². The highest BCUT2D eigenvalue weighted by atomic mass is 16.6. The van der Waals surface area contributed by atoms with E-state index < -0.39 is 36.5 Å². The summed E-state index contributed by atoms with van der Waals surface area (Å²) >= 11 is 0. The maximum atomic E-state index is 11.1. The van der Waals surface area contributed by atoms with Gasteiger partial charge in [-0.25, -0.2) is 35.0 Å². The number of hydrogen-bond acceptors (Lipinski definition) is 7. The Hall–Kier alpha value is -2.76. The lowest BCUT2D eigenvalue weighted by Crippen LogP contribution is -2.55. The van der Waals surface area contributed by atoms with E-state index in [1.165, 1.54) is 0 Å². The van der Waals surface area contributed by atoms with Crippen LogP contribution in [0.15, 0.2) is 0 Å². The minimum absolute atomic E-state index is 0.306. The van der Waals surface area contributed by atoms with Crippen molar-refractivity contribution in [2.24, 2.45) is 5.84 Å². The molecule has 12 nitrogen and oxygen atoms in total. The molecule has 0 unspecified atom stereocenters. The number of rotatable bonds is 4. The highest BCUT2D eigenvalue weighted by Crippen LogP contribution is 2.10. The molecule has 12 heteroatoms. The molecule has 164 valence electrons. The summed E-state index contributed by atoms with van der Waals surface area (Å²) in [5, 5.41) is 19.6. The largest absolute Gasteiger partial charge is 0.464 e. The molecule has 4 amide bonds. The second kappa shape index (κ2) is 12.6. The van der Waals surface area contributed by atoms with Crippen LogP contribution >= 0.6 is 0 Å². The van der Waals surface area contributed by atoms with Crippen LogP contribution in [0.2, 0.25) is 0 Å². The van der Waals surface area contributed by atoms with Crippen molar-refractivity contribution in [3.8, 4) is 0 Å². The molecular formula is C16H32N4O8. The van der Waals surface area contributed by atoms with E-state index >= 15 is 0 Å². The molecule has 0 aromatic carbocycles. The average Bonchev–Trinajstić information content (AvgIpc) is 2.49. The van der Waals surface area contributed by atoms with Crippen molar-refractivity contribution >= 4 is 24.4 Å². The maximum Gasteiger partial charge on any atom is 0.434 e. The zero-order valence-electron chi connectivity index (χ0n) is 17.6. The fourth-order valence-corrected chi connectivity index (χ4v) is 1.72. The van der Waals surface area contributed by atoms with Crippen LogP contribution in [0, 0.1) is 0 Å². The minimum atomic E-state index is -1.27. The van der Waals surface area contributed by atoms with Crippen LogP contribution in [0.4, 0.5) is 19.2 Å². The van der Waals surface area contributed by atoms with E-state index in [4.69, 9.17) is 16.1 Å². The Morgan fingerprint density at radius 3 is 1.07 bits per heavy atom. The van der Waals surface area contributed by atoms with E-state index in [1.807, 2.05) is 0 Å². The van der Waals surface area contributed by atoms with E-state index in [9.17, 15) is 19.2 Å². The molecule has 28 heavy (non-hydrogen) atoms. The van der Waals surface area contributed by atoms with Crippen LogP contribution < -0.4 is 5.84 Å². The van der Waals surface area contributed by atoms with Crippen LogP contribution in [0.5, 0.6) is 0 Å². The van der Waals surface area contributed by atoms with Crippen LogP contribution in [0.3, 0.4) is 0 Å². The van der Waals surface area contributed by atoms with Crippen molar-refractivity contribution in [3.05, 3.63) is 0 Å². The standard InChI is InChI=1S/2C8H16N2O4/c1-5(2)13-7(11)10(9)8(12)14-6(3)4;1-5(2)9(7(11)12)10(6(3)4)8(13)14/h5-6H,9H2,1-4H3;5-6H,1-4H3,(H,11,12)(H,13,14). The highest BCUT2D eigenvalue weighted by molar-refractivity contribution is 5.86. The van der Waals surface area contributed by atoms with Gasteiger partial charge in [0.25, 0.3) is 0 Å². The molecule has 0 aliphatic rings. The van der Waals surface area contributed by atoms with Gasteiger partial charge in [0.15, 0.2) is 0 Å². The van der Waals surface area contributed by atoms with Gasteiger partial charge in [0, 0.05) is 0 Å². The van der Waals surface area contributed by atoms with Gasteiger partial charge in [-0.3, -0.25) is 0 Å². The first-order valence-corrected chi connectivity index (χ1v) is 8.63. The van der Waals surface area contributed by atoms with Gasteiger partial charge in [-0.2, -0.15) is 0 Å². The molecule has 0 atom stereocenters. The number of nitrogens with zero attached hydrogens (tertiary/aromatic N) is 3. The summed E-state index contributed by atoms with van der Waals surface area (Å²) in [7, 11) is 0. The fourth-order valence-electron chi connectivity index (χ4n) is 1.72. The number of ether oxygens (including phenoxy) is 2. The number of imide groups is 1. The van der Waals surface area contributed by atoms with E-state index in [1.54, 1.807) is 55.4 Å². The highest BCUT2D eigenvalue weighted by Gasteiger charge is 2.30. The van der Waals surface area contributed by atoms with Gasteiger partial charge < -0.3 is 19.7 Å². The summed E-state index contributed by atoms with van der Waals surface area (Å²) in [6.07, 6.45) is -5.05. The molecule has 0 heterocycles. The normalized spacial score (nSPS) is 10.3. The fraction of sp³-hybridized carbons (Fsp3) is 0.750. The van der Waals surface area contributed by atoms with E-state index in [0.717, 1.165) is 10.0 Å². The number of carbonyl (C=O) groups is 4. The molecular weight excluding hydrogens is 376 g/mol. The second-order valence-corrected chi connectivity index (χ2v) is 6.68. The lowest BCUT2D eigenvalue weighted by molar-refractivity contribution is -0.0351. The summed E-state index contributed by atoms with van der Waals surface area (Å²) in [6, 6.07) is -0.822. The first kappa shape index (κ1) is 27.5. The summed E-state index contributed by atoms with van der Waals surface area (Å²) in [6.45, 7) is 13.1. The number of amides is 4. The molecule has 0 bridgehead atoms. The smallest absolute Gasteiger partial charge is 0.434 e. The van der Waals surface area contributed by atoms with Gasteiger partial charge in [-0.05, 0) is 55.4 Å². The number of hydrogen-bond donors (Lipinski definition) is 3. The average molecular weight is 408 g/mol. The Bertz CT molecular complexity index is 491. The third-order valence-electron chi connectivity index (χ3n) is 2.67. The summed E-state index contributed by atoms with van der Waals surface area (Å²) < 4.78 is 9.35. The molecule has 0 radical (unpaired) electrons. The van der Waals surface area contributed by atoms with Gasteiger partial charge in [-0.1, -0.05) is 0 Å². The lowest BCUT2D eigenvalue weighted by atomic mass is 10.3. The van der Waals surface area contributed by atoms with E-state index in [2.05, 4.69) is 9.47 Å². The third kappa shape index (κ3) is 10.4. The van der Waals surface area contributed by atoms with Gasteiger partial charge in [-0.15, -0.1) is 5.01 Å². The Balaban J connectivity index is 0. The number of carbonyl (C=O) groups excluding carboxylic acids is 2. The van der Waals surface area contributed by atoms with Crippen molar-refractivity contribution in [1.29, 1.82) is 0 Å². The van der Waals surface area contributed by atoms with Crippen LogP contribution in [0.1, 0.15) is 55.4 Å². The lowest BCUT2D eigenvalue weighted by Gasteiger charge is -2.35. The second-order valence-electron chi connectivity index (χ2n) is 6.68. The molecule has 0 aromatic rings. The van der Waals surface area contributed by atoms with Crippen LogP contribution in [0.25, 0.3) is 0 Å². The van der Waals surface area contributed by atoms with Crippen molar-refractivity contribution in [1.82, 2.24) is 15.0 Å². The zero-order chi connectivity index (χ0) is 22.8. The quantitative estimate of drug-likeness (QED) is 0.360. The summed E-state index contributed by atoms with van der Waals surface area (Å²) in [4.78, 5) is 43.7. The van der Waals surface area contributed by atoms with Crippen molar-refractivity contribution < 1.29 is 38.9 Å². The number of carboxylic acid groups (broad SMARTS) is 2. The Morgan fingerprint density at radius 1 is 0.679 bits per heavy atom. The first-order valence-electron chi connectivity index (χ1n) is 8.63. The molecule has 0 spiro atoms. The molecule has 4 N–H and O–H groups in total. The first-order chi connectivity index (χ1) is 12.6. The summed E-state index contributed by atoms with van der Waals surface area (Å²) in [5.41, 5.74) is 0. The SMILES string of the molecule is CC(C)N(C(=O)O)N(C(=O)O)C(C)C.CC(C)OC(=O)N(N)C(=O)OC(C)C. The van der Waals surface area contributed by atoms with Gasteiger partial charge >= 0.3 is 24.4 Å². The molecule has 0 saturated heterocycles. The zero-order valence-corrected chi connectivity index (χ0v) is 17.6. The molecule has 0 saturated carbocycles. The topological polar surface area (TPSA) is 163 Å². The number of nitrogens with two attached hydrogens (primary N) is 1. The van der Waals surface area contributed by atoms with Gasteiger partial charge in [0.2, 0.25) is 0 Å². The molecule has 0 aliphatic heterocycles. The molecule has 0 rings (SSSR count). The van der Waals surface area contributed by atoms with Crippen LogP contribution in [-0.2, 0) is 9.47 Å². The van der Waals surface area contributed by atoms with Crippen molar-refractivity contribution in [3.63, 3.8) is 0 Å². The van der Waals surface area contributed by atoms with Gasteiger partial charge in [0.1, 0.15) is 0 Å². The van der Waals surface area contributed by atoms with E-state index in [0.29, 0.717) is 5.01 Å². The number of hydrazine groups is 2. The Kier molecular flexibility index (Phi) is 12.4. The Morgan fingerprint density at radius 2 is 0.929 bits per heavy atom.